The van der Waals surface area contributed by atoms with E-state index in [1.807, 2.05) is 0 Å². The van der Waals surface area contributed by atoms with Crippen LogP contribution in [0.3, 0.4) is 0 Å². The molecule has 1 aromatic heterocycles. The van der Waals surface area contributed by atoms with Gasteiger partial charge >= 0.3 is 0 Å². The zero-order valence-electron chi connectivity index (χ0n) is 10.5. The fourth-order valence-electron chi connectivity index (χ4n) is 1.82. The number of methoxy groups -OCH3 is 1. The third-order valence-corrected chi connectivity index (χ3v) is 3.59. The van der Waals surface area contributed by atoms with Crippen LogP contribution in [0.15, 0.2) is 12.1 Å². The van der Waals surface area contributed by atoms with Crippen molar-refractivity contribution in [3.05, 3.63) is 32.9 Å². The highest BCUT2D eigenvalue weighted by Gasteiger charge is 2.18. The maximum Gasteiger partial charge on any atom is 0.222 e. The van der Waals surface area contributed by atoms with Gasteiger partial charge in [0.2, 0.25) is 5.95 Å². The SMILES string of the molecule is COCc1nc(N)nc(N)c1-c1cc(Cl)cc(Cl)c1Cl. The molecule has 8 heteroatoms. The fourth-order valence-corrected chi connectivity index (χ4v) is 2.52. The van der Waals surface area contributed by atoms with Crippen molar-refractivity contribution in [2.24, 2.45) is 0 Å². The molecule has 2 aromatic rings. The molecule has 0 unspecified atom stereocenters. The van der Waals surface area contributed by atoms with Crippen LogP contribution in [0.4, 0.5) is 11.8 Å². The predicted octanol–water partition coefficient (Wildman–Crippen LogP) is 3.41. The molecule has 5 nitrogen and oxygen atoms in total. The molecule has 0 aliphatic heterocycles. The molecular weight excluding hydrogens is 323 g/mol. The molecule has 0 atom stereocenters. The lowest BCUT2D eigenvalue weighted by Gasteiger charge is -2.14. The first kappa shape index (κ1) is 15.1. The lowest BCUT2D eigenvalue weighted by Crippen LogP contribution is -2.07. The Morgan fingerprint density at radius 3 is 2.50 bits per heavy atom. The van der Waals surface area contributed by atoms with Gasteiger partial charge in [-0.05, 0) is 12.1 Å². The standard InChI is InChI=1S/C12H11Cl3N4O/c1-20-4-8-9(11(16)19-12(17)18-8)6-2-5(13)3-7(14)10(6)15/h2-3H,4H2,1H3,(H4,16,17,18,19). The van der Waals surface area contributed by atoms with Gasteiger partial charge in [0.1, 0.15) is 5.82 Å². The first-order valence-corrected chi connectivity index (χ1v) is 6.63. The number of ether oxygens (including phenoxy) is 1. The highest BCUT2D eigenvalue weighted by Crippen LogP contribution is 2.39. The summed E-state index contributed by atoms with van der Waals surface area (Å²) >= 11 is 18.2. The quantitative estimate of drug-likeness (QED) is 0.840. The largest absolute Gasteiger partial charge is 0.383 e. The summed E-state index contributed by atoms with van der Waals surface area (Å²) < 4.78 is 5.09. The molecule has 0 spiro atoms. The minimum Gasteiger partial charge on any atom is -0.383 e. The van der Waals surface area contributed by atoms with E-state index in [4.69, 9.17) is 51.0 Å². The highest BCUT2D eigenvalue weighted by atomic mass is 35.5. The third kappa shape index (κ3) is 2.91. The maximum absolute atomic E-state index is 6.21. The van der Waals surface area contributed by atoms with Crippen LogP contribution in [0.1, 0.15) is 5.69 Å². The Morgan fingerprint density at radius 2 is 1.85 bits per heavy atom. The maximum atomic E-state index is 6.21. The van der Waals surface area contributed by atoms with Gasteiger partial charge in [-0.1, -0.05) is 34.8 Å². The molecule has 0 amide bonds. The molecule has 0 aliphatic rings. The van der Waals surface area contributed by atoms with Crippen molar-refractivity contribution in [3.63, 3.8) is 0 Å². The van der Waals surface area contributed by atoms with Gasteiger partial charge in [0.05, 0.1) is 22.3 Å². The Kier molecular flexibility index (Phi) is 4.55. The highest BCUT2D eigenvalue weighted by molar-refractivity contribution is 6.45. The number of nitrogen functional groups attached to an aromatic ring is 2. The Hall–Kier alpha value is -1.27. The van der Waals surface area contributed by atoms with E-state index in [1.54, 1.807) is 12.1 Å². The van der Waals surface area contributed by atoms with Crippen LogP contribution in [-0.2, 0) is 11.3 Å². The summed E-state index contributed by atoms with van der Waals surface area (Å²) in [4.78, 5) is 8.05. The molecule has 0 saturated heterocycles. The molecule has 20 heavy (non-hydrogen) atoms. The second kappa shape index (κ2) is 6.01. The molecular formula is C12H11Cl3N4O. The molecule has 106 valence electrons. The summed E-state index contributed by atoms with van der Waals surface area (Å²) in [7, 11) is 1.53. The Labute approximate surface area is 130 Å². The van der Waals surface area contributed by atoms with Crippen molar-refractivity contribution in [1.29, 1.82) is 0 Å². The zero-order valence-corrected chi connectivity index (χ0v) is 12.7. The fraction of sp³-hybridized carbons (Fsp3) is 0.167. The summed E-state index contributed by atoms with van der Waals surface area (Å²) in [5.41, 5.74) is 13.1. The van der Waals surface area contributed by atoms with Gasteiger partial charge in [0.25, 0.3) is 0 Å². The molecule has 0 aliphatic carbocycles. The number of nitrogens with two attached hydrogens (primary N) is 2. The average Bonchev–Trinajstić information content (AvgIpc) is 2.34. The number of hydrogen-bond donors (Lipinski definition) is 2. The van der Waals surface area contributed by atoms with E-state index in [9.17, 15) is 0 Å². The second-order valence-corrected chi connectivity index (χ2v) is 5.19. The third-order valence-electron chi connectivity index (χ3n) is 2.57. The van der Waals surface area contributed by atoms with E-state index in [0.717, 1.165) is 0 Å². The van der Waals surface area contributed by atoms with Gasteiger partial charge in [0, 0.05) is 23.3 Å². The van der Waals surface area contributed by atoms with Crippen LogP contribution in [0, 0.1) is 0 Å². The van der Waals surface area contributed by atoms with E-state index < -0.39 is 0 Å². The first-order chi connectivity index (χ1) is 9.43. The Balaban J connectivity index is 2.75. The topological polar surface area (TPSA) is 87.0 Å². The van der Waals surface area contributed by atoms with E-state index >= 15 is 0 Å². The summed E-state index contributed by atoms with van der Waals surface area (Å²) in [5.74, 6) is 0.243. The second-order valence-electron chi connectivity index (χ2n) is 3.97. The van der Waals surface area contributed by atoms with E-state index in [1.165, 1.54) is 7.11 Å². The minimum atomic E-state index is 0.0579. The molecule has 0 radical (unpaired) electrons. The summed E-state index contributed by atoms with van der Waals surface area (Å²) in [6.45, 7) is 0.201. The van der Waals surface area contributed by atoms with Crippen LogP contribution in [0.2, 0.25) is 15.1 Å². The van der Waals surface area contributed by atoms with E-state index in [0.29, 0.717) is 31.9 Å². The summed E-state index contributed by atoms with van der Waals surface area (Å²) in [6, 6.07) is 3.18. The molecule has 0 saturated carbocycles. The number of anilines is 2. The van der Waals surface area contributed by atoms with Crippen molar-refractivity contribution in [1.82, 2.24) is 9.97 Å². The lowest BCUT2D eigenvalue weighted by atomic mass is 10.0. The molecule has 2 rings (SSSR count). The van der Waals surface area contributed by atoms with Gasteiger partial charge in [-0.25, -0.2) is 4.98 Å². The monoisotopic (exact) mass is 332 g/mol. The van der Waals surface area contributed by atoms with Gasteiger partial charge in [0.15, 0.2) is 0 Å². The first-order valence-electron chi connectivity index (χ1n) is 5.49. The van der Waals surface area contributed by atoms with Crippen molar-refractivity contribution in [2.45, 2.75) is 6.61 Å². The number of hydrogen-bond acceptors (Lipinski definition) is 5. The van der Waals surface area contributed by atoms with Crippen LogP contribution in [0.5, 0.6) is 0 Å². The number of benzene rings is 1. The van der Waals surface area contributed by atoms with Crippen LogP contribution in [0.25, 0.3) is 11.1 Å². The van der Waals surface area contributed by atoms with Crippen molar-refractivity contribution in [2.75, 3.05) is 18.6 Å². The molecule has 0 fully saturated rings. The number of nitrogens with zero attached hydrogens (tertiary/aromatic N) is 2. The summed E-state index contributed by atoms with van der Waals surface area (Å²) in [5, 5.41) is 1.05. The van der Waals surface area contributed by atoms with Crippen LogP contribution in [-0.4, -0.2) is 17.1 Å². The predicted molar refractivity (Wildman–Crippen MR) is 82.0 cm³/mol. The van der Waals surface area contributed by atoms with Gasteiger partial charge in [-0.15, -0.1) is 0 Å². The minimum absolute atomic E-state index is 0.0579. The van der Waals surface area contributed by atoms with Crippen molar-refractivity contribution >= 4 is 46.6 Å². The Bertz CT molecular complexity index is 664. The molecule has 1 aromatic carbocycles. The summed E-state index contributed by atoms with van der Waals surface area (Å²) in [6.07, 6.45) is 0. The van der Waals surface area contributed by atoms with Gasteiger partial charge < -0.3 is 16.2 Å². The lowest BCUT2D eigenvalue weighted by molar-refractivity contribution is 0.182. The average molecular weight is 334 g/mol. The van der Waals surface area contributed by atoms with Crippen molar-refractivity contribution in [3.8, 4) is 11.1 Å². The van der Waals surface area contributed by atoms with Crippen molar-refractivity contribution < 1.29 is 4.74 Å². The van der Waals surface area contributed by atoms with E-state index in [2.05, 4.69) is 9.97 Å². The number of rotatable bonds is 3. The Morgan fingerprint density at radius 1 is 1.15 bits per heavy atom. The number of aromatic nitrogens is 2. The van der Waals surface area contributed by atoms with Gasteiger partial charge in [-0.2, -0.15) is 4.98 Å². The zero-order chi connectivity index (χ0) is 14.9. The van der Waals surface area contributed by atoms with Crippen LogP contribution < -0.4 is 11.5 Å². The number of halogens is 3. The van der Waals surface area contributed by atoms with Crippen LogP contribution >= 0.6 is 34.8 Å². The van der Waals surface area contributed by atoms with Gasteiger partial charge in [-0.3, -0.25) is 0 Å². The molecule has 0 bridgehead atoms. The molecule has 4 N–H and O–H groups in total. The smallest absolute Gasteiger partial charge is 0.222 e. The molecule has 1 heterocycles. The normalized spacial score (nSPS) is 10.8. The van der Waals surface area contributed by atoms with E-state index in [-0.39, 0.29) is 18.4 Å².